The summed E-state index contributed by atoms with van der Waals surface area (Å²) < 4.78 is 5.33. The lowest BCUT2D eigenvalue weighted by molar-refractivity contribution is -0.118. The molecule has 1 amide bonds. The minimum atomic E-state index is 0.202. The first-order valence-electron chi connectivity index (χ1n) is 6.66. The summed E-state index contributed by atoms with van der Waals surface area (Å²) in [5, 5.41) is 0. The molecule has 98 valence electrons. The van der Waals surface area contributed by atoms with Gasteiger partial charge in [-0.1, -0.05) is 18.2 Å². The van der Waals surface area contributed by atoms with Gasteiger partial charge < -0.3 is 9.64 Å². The number of rotatable bonds is 4. The Kier molecular flexibility index (Phi) is 4.76. The molecule has 1 aromatic rings. The van der Waals surface area contributed by atoms with Gasteiger partial charge in [0.05, 0.1) is 0 Å². The molecule has 0 aromatic heterocycles. The van der Waals surface area contributed by atoms with Gasteiger partial charge in [0.25, 0.3) is 0 Å². The van der Waals surface area contributed by atoms with Crippen LogP contribution in [0.1, 0.15) is 25.7 Å². The monoisotopic (exact) mass is 247 g/mol. The predicted molar refractivity (Wildman–Crippen MR) is 72.6 cm³/mol. The molecule has 1 fully saturated rings. The van der Waals surface area contributed by atoms with E-state index in [2.05, 4.69) is 0 Å². The van der Waals surface area contributed by atoms with Crippen molar-refractivity contribution in [3.05, 3.63) is 30.3 Å². The van der Waals surface area contributed by atoms with E-state index < -0.39 is 0 Å². The van der Waals surface area contributed by atoms with Gasteiger partial charge in [0.15, 0.2) is 0 Å². The Bertz CT molecular complexity index is 371. The second-order valence-electron chi connectivity index (χ2n) is 4.88. The smallest absolute Gasteiger partial charge is 0.226 e. The third-order valence-electron chi connectivity index (χ3n) is 3.62. The number of carbonyl (C=O) groups is 1. The van der Waals surface area contributed by atoms with Crippen LogP contribution in [0, 0.1) is 5.92 Å². The highest BCUT2D eigenvalue weighted by molar-refractivity contribution is 5.92. The first-order valence-corrected chi connectivity index (χ1v) is 6.66. The zero-order valence-corrected chi connectivity index (χ0v) is 11.0. The van der Waals surface area contributed by atoms with Gasteiger partial charge in [0.1, 0.15) is 0 Å². The van der Waals surface area contributed by atoms with E-state index >= 15 is 0 Å². The lowest BCUT2D eigenvalue weighted by Crippen LogP contribution is -2.27. The van der Waals surface area contributed by atoms with Gasteiger partial charge in [-0.05, 0) is 37.3 Å². The maximum atomic E-state index is 12.1. The molecule has 3 nitrogen and oxygen atoms in total. The average Bonchev–Trinajstić information content (AvgIpc) is 2.46. The maximum Gasteiger partial charge on any atom is 0.226 e. The summed E-state index contributed by atoms with van der Waals surface area (Å²) in [7, 11) is 1.85. The van der Waals surface area contributed by atoms with E-state index in [1.807, 2.05) is 37.4 Å². The second-order valence-corrected chi connectivity index (χ2v) is 4.88. The van der Waals surface area contributed by atoms with Crippen molar-refractivity contribution in [1.29, 1.82) is 0 Å². The number of anilines is 1. The number of amides is 1. The highest BCUT2D eigenvalue weighted by Crippen LogP contribution is 2.21. The molecule has 0 spiro atoms. The fourth-order valence-electron chi connectivity index (χ4n) is 2.33. The van der Waals surface area contributed by atoms with Crippen LogP contribution >= 0.6 is 0 Å². The molecule has 1 saturated heterocycles. The molecule has 0 atom stereocenters. The van der Waals surface area contributed by atoms with Crippen LogP contribution in [0.3, 0.4) is 0 Å². The standard InChI is InChI=1S/C15H21NO2/c1-16(14-5-3-2-4-6-14)15(17)8-7-13-9-11-18-12-10-13/h2-6,13H,7-12H2,1H3. The summed E-state index contributed by atoms with van der Waals surface area (Å²) in [6.07, 6.45) is 3.82. The largest absolute Gasteiger partial charge is 0.381 e. The average molecular weight is 247 g/mol. The van der Waals surface area contributed by atoms with E-state index in [1.54, 1.807) is 4.90 Å². The van der Waals surface area contributed by atoms with Gasteiger partial charge in [-0.15, -0.1) is 0 Å². The van der Waals surface area contributed by atoms with E-state index in [-0.39, 0.29) is 5.91 Å². The van der Waals surface area contributed by atoms with Crippen molar-refractivity contribution in [1.82, 2.24) is 0 Å². The number of benzene rings is 1. The zero-order valence-electron chi connectivity index (χ0n) is 11.0. The molecule has 0 unspecified atom stereocenters. The quantitative estimate of drug-likeness (QED) is 0.818. The topological polar surface area (TPSA) is 29.5 Å². The third-order valence-corrected chi connectivity index (χ3v) is 3.62. The Morgan fingerprint density at radius 3 is 2.61 bits per heavy atom. The fraction of sp³-hybridized carbons (Fsp3) is 0.533. The van der Waals surface area contributed by atoms with Gasteiger partial charge in [0, 0.05) is 32.4 Å². The van der Waals surface area contributed by atoms with Crippen LogP contribution in [-0.4, -0.2) is 26.2 Å². The molecule has 0 bridgehead atoms. The lowest BCUT2D eigenvalue weighted by Gasteiger charge is -2.23. The zero-order chi connectivity index (χ0) is 12.8. The highest BCUT2D eigenvalue weighted by atomic mass is 16.5. The van der Waals surface area contributed by atoms with Gasteiger partial charge in [-0.3, -0.25) is 4.79 Å². The molecular weight excluding hydrogens is 226 g/mol. The Labute approximate surface area is 109 Å². The van der Waals surface area contributed by atoms with Crippen LogP contribution in [0.4, 0.5) is 5.69 Å². The van der Waals surface area contributed by atoms with Crippen LogP contribution in [0.2, 0.25) is 0 Å². The Morgan fingerprint density at radius 2 is 1.94 bits per heavy atom. The van der Waals surface area contributed by atoms with Crippen LogP contribution in [0.25, 0.3) is 0 Å². The number of hydrogen-bond acceptors (Lipinski definition) is 2. The first-order chi connectivity index (χ1) is 8.77. The molecular formula is C15H21NO2. The van der Waals surface area contributed by atoms with Crippen molar-refractivity contribution in [3.63, 3.8) is 0 Å². The number of hydrogen-bond donors (Lipinski definition) is 0. The molecule has 3 heteroatoms. The van der Waals surface area contributed by atoms with Crippen LogP contribution in [0.5, 0.6) is 0 Å². The van der Waals surface area contributed by atoms with Gasteiger partial charge in [-0.25, -0.2) is 0 Å². The highest BCUT2D eigenvalue weighted by Gasteiger charge is 2.17. The Hall–Kier alpha value is -1.35. The van der Waals surface area contributed by atoms with E-state index in [1.165, 1.54) is 0 Å². The number of nitrogens with zero attached hydrogens (tertiary/aromatic N) is 1. The van der Waals surface area contributed by atoms with Crippen LogP contribution in [0.15, 0.2) is 30.3 Å². The first kappa shape index (κ1) is 13.1. The van der Waals surface area contributed by atoms with Crippen molar-refractivity contribution in [3.8, 4) is 0 Å². The molecule has 0 aliphatic carbocycles. The summed E-state index contributed by atoms with van der Waals surface area (Å²) >= 11 is 0. The third kappa shape index (κ3) is 3.57. The minimum absolute atomic E-state index is 0.202. The second kappa shape index (κ2) is 6.55. The number of carbonyl (C=O) groups excluding carboxylic acids is 1. The van der Waals surface area contributed by atoms with Crippen LogP contribution in [-0.2, 0) is 9.53 Å². The molecule has 1 aliphatic heterocycles. The Morgan fingerprint density at radius 1 is 1.28 bits per heavy atom. The number of ether oxygens (including phenoxy) is 1. The Balaban J connectivity index is 1.80. The van der Waals surface area contributed by atoms with Gasteiger partial charge in [0.2, 0.25) is 5.91 Å². The van der Waals surface area contributed by atoms with Crippen molar-refractivity contribution >= 4 is 11.6 Å². The fourth-order valence-corrected chi connectivity index (χ4v) is 2.33. The van der Waals surface area contributed by atoms with Gasteiger partial charge in [-0.2, -0.15) is 0 Å². The molecule has 2 rings (SSSR count). The molecule has 0 N–H and O–H groups in total. The molecule has 0 saturated carbocycles. The summed E-state index contributed by atoms with van der Waals surface area (Å²) in [6, 6.07) is 9.80. The molecule has 1 aliphatic rings. The summed E-state index contributed by atoms with van der Waals surface area (Å²) in [5.41, 5.74) is 0.967. The SMILES string of the molecule is CN(C(=O)CCC1CCOCC1)c1ccccc1. The van der Waals surface area contributed by atoms with Crippen molar-refractivity contribution in [2.45, 2.75) is 25.7 Å². The molecule has 1 aromatic carbocycles. The van der Waals surface area contributed by atoms with Crippen LogP contribution < -0.4 is 4.90 Å². The lowest BCUT2D eigenvalue weighted by atomic mass is 9.95. The molecule has 18 heavy (non-hydrogen) atoms. The predicted octanol–water partition coefficient (Wildman–Crippen LogP) is 2.86. The van der Waals surface area contributed by atoms with Gasteiger partial charge >= 0.3 is 0 Å². The summed E-state index contributed by atoms with van der Waals surface area (Å²) in [5.74, 6) is 0.861. The summed E-state index contributed by atoms with van der Waals surface area (Å²) in [6.45, 7) is 1.71. The minimum Gasteiger partial charge on any atom is -0.381 e. The van der Waals surface area contributed by atoms with Crippen molar-refractivity contribution in [2.75, 3.05) is 25.2 Å². The molecule has 1 heterocycles. The summed E-state index contributed by atoms with van der Waals surface area (Å²) in [4.78, 5) is 13.8. The number of para-hydroxylation sites is 1. The van der Waals surface area contributed by atoms with E-state index in [9.17, 15) is 4.79 Å². The normalized spacial score (nSPS) is 16.5. The molecule has 0 radical (unpaired) electrons. The van der Waals surface area contributed by atoms with E-state index in [0.29, 0.717) is 12.3 Å². The maximum absolute atomic E-state index is 12.1. The van der Waals surface area contributed by atoms with E-state index in [0.717, 1.165) is 38.2 Å². The van der Waals surface area contributed by atoms with E-state index in [4.69, 9.17) is 4.74 Å². The van der Waals surface area contributed by atoms with Crippen molar-refractivity contribution < 1.29 is 9.53 Å². The van der Waals surface area contributed by atoms with Crippen molar-refractivity contribution in [2.24, 2.45) is 5.92 Å².